The SMILES string of the molecule is C[C@H]1CN[C@@H]([C@@H](O)c2ccccc2)C1. The zero-order valence-electron chi connectivity index (χ0n) is 8.48. The standard InChI is InChI=1S/C12H17NO/c1-9-7-11(13-8-9)12(14)10-5-3-2-4-6-10/h2-6,9,11-14H,7-8H2,1H3/t9-,11-,12+/m1/s1. The predicted molar refractivity (Wildman–Crippen MR) is 57.0 cm³/mol. The molecule has 1 aromatic rings. The highest BCUT2D eigenvalue weighted by atomic mass is 16.3. The molecule has 0 aromatic heterocycles. The molecule has 2 rings (SSSR count). The van der Waals surface area contributed by atoms with Crippen LogP contribution in [0.15, 0.2) is 30.3 Å². The van der Waals surface area contributed by atoms with E-state index in [1.165, 1.54) is 0 Å². The zero-order chi connectivity index (χ0) is 9.97. The van der Waals surface area contributed by atoms with E-state index in [2.05, 4.69) is 12.2 Å². The molecule has 3 atom stereocenters. The van der Waals surface area contributed by atoms with Crippen LogP contribution in [0.3, 0.4) is 0 Å². The van der Waals surface area contributed by atoms with Gasteiger partial charge in [-0.25, -0.2) is 0 Å². The fourth-order valence-electron chi connectivity index (χ4n) is 2.08. The maximum absolute atomic E-state index is 10.1. The molecule has 0 unspecified atom stereocenters. The van der Waals surface area contributed by atoms with Crippen LogP contribution in [-0.4, -0.2) is 17.7 Å². The van der Waals surface area contributed by atoms with Gasteiger partial charge in [0.25, 0.3) is 0 Å². The van der Waals surface area contributed by atoms with Crippen molar-refractivity contribution < 1.29 is 5.11 Å². The molecule has 1 aliphatic heterocycles. The highest BCUT2D eigenvalue weighted by molar-refractivity contribution is 5.19. The summed E-state index contributed by atoms with van der Waals surface area (Å²) in [6, 6.07) is 10.1. The number of aliphatic hydroxyl groups excluding tert-OH is 1. The maximum Gasteiger partial charge on any atom is 0.0943 e. The van der Waals surface area contributed by atoms with E-state index in [1.807, 2.05) is 30.3 Å². The monoisotopic (exact) mass is 191 g/mol. The summed E-state index contributed by atoms with van der Waals surface area (Å²) < 4.78 is 0. The van der Waals surface area contributed by atoms with Crippen LogP contribution in [0.5, 0.6) is 0 Å². The van der Waals surface area contributed by atoms with E-state index in [0.717, 1.165) is 18.5 Å². The van der Waals surface area contributed by atoms with Crippen molar-refractivity contribution in [3.05, 3.63) is 35.9 Å². The molecule has 0 saturated carbocycles. The summed E-state index contributed by atoms with van der Waals surface area (Å²) in [6.45, 7) is 3.24. The van der Waals surface area contributed by atoms with Crippen LogP contribution >= 0.6 is 0 Å². The van der Waals surface area contributed by atoms with Crippen molar-refractivity contribution >= 4 is 0 Å². The average Bonchev–Trinajstić information content (AvgIpc) is 2.65. The second kappa shape index (κ2) is 4.11. The molecular formula is C12H17NO. The van der Waals surface area contributed by atoms with E-state index in [-0.39, 0.29) is 12.1 Å². The third-order valence-corrected chi connectivity index (χ3v) is 2.91. The average molecular weight is 191 g/mol. The van der Waals surface area contributed by atoms with Crippen LogP contribution in [-0.2, 0) is 0 Å². The van der Waals surface area contributed by atoms with Gasteiger partial charge >= 0.3 is 0 Å². The predicted octanol–water partition coefficient (Wildman–Crippen LogP) is 1.72. The Morgan fingerprint density at radius 2 is 2.07 bits per heavy atom. The Hall–Kier alpha value is -0.860. The van der Waals surface area contributed by atoms with Crippen molar-refractivity contribution in [3.8, 4) is 0 Å². The van der Waals surface area contributed by atoms with E-state index < -0.39 is 0 Å². The minimum Gasteiger partial charge on any atom is -0.387 e. The molecular weight excluding hydrogens is 174 g/mol. The summed E-state index contributed by atoms with van der Waals surface area (Å²) in [5.41, 5.74) is 1.01. The van der Waals surface area contributed by atoms with Crippen LogP contribution in [0.1, 0.15) is 25.0 Å². The third kappa shape index (κ3) is 1.97. The first-order valence-electron chi connectivity index (χ1n) is 5.24. The molecule has 2 heteroatoms. The van der Waals surface area contributed by atoms with Gasteiger partial charge in [-0.3, -0.25) is 0 Å². The van der Waals surface area contributed by atoms with Gasteiger partial charge in [-0.1, -0.05) is 37.3 Å². The van der Waals surface area contributed by atoms with E-state index in [0.29, 0.717) is 5.92 Å². The number of rotatable bonds is 2. The van der Waals surface area contributed by atoms with Gasteiger partial charge in [0.1, 0.15) is 0 Å². The van der Waals surface area contributed by atoms with E-state index in [4.69, 9.17) is 0 Å². The van der Waals surface area contributed by atoms with E-state index in [9.17, 15) is 5.11 Å². The lowest BCUT2D eigenvalue weighted by atomic mass is 9.98. The van der Waals surface area contributed by atoms with E-state index in [1.54, 1.807) is 0 Å². The smallest absolute Gasteiger partial charge is 0.0943 e. The third-order valence-electron chi connectivity index (χ3n) is 2.91. The fraction of sp³-hybridized carbons (Fsp3) is 0.500. The molecule has 0 spiro atoms. The molecule has 0 aliphatic carbocycles. The van der Waals surface area contributed by atoms with Gasteiger partial charge in [-0.05, 0) is 24.4 Å². The minimum absolute atomic E-state index is 0.229. The lowest BCUT2D eigenvalue weighted by Crippen LogP contribution is -2.28. The Kier molecular flexibility index (Phi) is 2.85. The number of nitrogens with one attached hydrogen (secondary N) is 1. The highest BCUT2D eigenvalue weighted by Gasteiger charge is 2.27. The van der Waals surface area contributed by atoms with Crippen molar-refractivity contribution in [3.63, 3.8) is 0 Å². The van der Waals surface area contributed by atoms with Gasteiger partial charge in [-0.2, -0.15) is 0 Å². The minimum atomic E-state index is -0.360. The molecule has 1 heterocycles. The van der Waals surface area contributed by atoms with Crippen molar-refractivity contribution in [1.29, 1.82) is 0 Å². The number of aliphatic hydroxyl groups is 1. The second-order valence-corrected chi connectivity index (χ2v) is 4.21. The number of hydrogen-bond acceptors (Lipinski definition) is 2. The van der Waals surface area contributed by atoms with Crippen molar-refractivity contribution in [1.82, 2.24) is 5.32 Å². The summed E-state index contributed by atoms with van der Waals surface area (Å²) in [6.07, 6.45) is 0.705. The van der Waals surface area contributed by atoms with Crippen molar-refractivity contribution in [2.24, 2.45) is 5.92 Å². The van der Waals surface area contributed by atoms with Crippen LogP contribution < -0.4 is 5.32 Å². The molecule has 0 bridgehead atoms. The second-order valence-electron chi connectivity index (χ2n) is 4.21. The Morgan fingerprint density at radius 1 is 1.36 bits per heavy atom. The Bertz CT molecular complexity index is 286. The van der Waals surface area contributed by atoms with Crippen LogP contribution in [0, 0.1) is 5.92 Å². The molecule has 1 aromatic carbocycles. The number of hydrogen-bond donors (Lipinski definition) is 2. The topological polar surface area (TPSA) is 32.3 Å². The molecule has 76 valence electrons. The maximum atomic E-state index is 10.1. The van der Waals surface area contributed by atoms with Crippen LogP contribution in [0.4, 0.5) is 0 Å². The van der Waals surface area contributed by atoms with Crippen molar-refractivity contribution in [2.45, 2.75) is 25.5 Å². The number of benzene rings is 1. The largest absolute Gasteiger partial charge is 0.387 e. The summed E-state index contributed by atoms with van der Waals surface area (Å²) in [7, 11) is 0. The molecule has 2 nitrogen and oxygen atoms in total. The van der Waals surface area contributed by atoms with Gasteiger partial charge < -0.3 is 10.4 Å². The first-order chi connectivity index (χ1) is 6.77. The Labute approximate surface area is 85.0 Å². The molecule has 1 fully saturated rings. The van der Waals surface area contributed by atoms with Gasteiger partial charge in [-0.15, -0.1) is 0 Å². The molecule has 2 N–H and O–H groups in total. The van der Waals surface area contributed by atoms with E-state index >= 15 is 0 Å². The van der Waals surface area contributed by atoms with Gasteiger partial charge in [0.05, 0.1) is 6.10 Å². The summed E-state index contributed by atoms with van der Waals surface area (Å²) in [5.74, 6) is 0.679. The molecule has 14 heavy (non-hydrogen) atoms. The molecule has 0 radical (unpaired) electrons. The Morgan fingerprint density at radius 3 is 2.64 bits per heavy atom. The quantitative estimate of drug-likeness (QED) is 0.746. The lowest BCUT2D eigenvalue weighted by Gasteiger charge is -2.18. The highest BCUT2D eigenvalue weighted by Crippen LogP contribution is 2.25. The first-order valence-corrected chi connectivity index (χ1v) is 5.24. The van der Waals surface area contributed by atoms with Gasteiger partial charge in [0.2, 0.25) is 0 Å². The van der Waals surface area contributed by atoms with Crippen LogP contribution in [0.25, 0.3) is 0 Å². The molecule has 0 amide bonds. The van der Waals surface area contributed by atoms with Crippen LogP contribution in [0.2, 0.25) is 0 Å². The van der Waals surface area contributed by atoms with Gasteiger partial charge in [0.15, 0.2) is 0 Å². The first kappa shape index (κ1) is 9.69. The summed E-state index contributed by atoms with van der Waals surface area (Å²) >= 11 is 0. The lowest BCUT2D eigenvalue weighted by molar-refractivity contribution is 0.136. The normalized spacial score (nSPS) is 29.0. The molecule has 1 aliphatic rings. The Balaban J connectivity index is 2.05. The zero-order valence-corrected chi connectivity index (χ0v) is 8.48. The van der Waals surface area contributed by atoms with Gasteiger partial charge in [0, 0.05) is 6.04 Å². The van der Waals surface area contributed by atoms with Crippen molar-refractivity contribution in [2.75, 3.05) is 6.54 Å². The summed E-state index contributed by atoms with van der Waals surface area (Å²) in [4.78, 5) is 0. The molecule has 1 saturated heterocycles. The summed E-state index contributed by atoms with van der Waals surface area (Å²) in [5, 5.41) is 13.4. The fourth-order valence-corrected chi connectivity index (χ4v) is 2.08.